The van der Waals surface area contributed by atoms with Crippen molar-refractivity contribution in [1.82, 2.24) is 0 Å². The summed E-state index contributed by atoms with van der Waals surface area (Å²) in [6, 6.07) is 24.7. The molecular formula is C37H43BrO3. The number of hydrogen-bond acceptors (Lipinski definition) is 3. The van der Waals surface area contributed by atoms with Crippen LogP contribution < -0.4 is 9.47 Å². The van der Waals surface area contributed by atoms with Crippen LogP contribution in [-0.2, 0) is 0 Å². The highest BCUT2D eigenvalue weighted by Crippen LogP contribution is 2.32. The van der Waals surface area contributed by atoms with Gasteiger partial charge in [0.05, 0.1) is 12.2 Å². The zero-order valence-corrected chi connectivity index (χ0v) is 26.1. The molecule has 0 N–H and O–H groups in total. The lowest BCUT2D eigenvalue weighted by molar-refractivity contribution is 0.112. The van der Waals surface area contributed by atoms with Crippen LogP contribution in [0.25, 0.3) is 21.5 Å². The first-order valence-electron chi connectivity index (χ1n) is 15.5. The van der Waals surface area contributed by atoms with E-state index in [2.05, 4.69) is 72.2 Å². The third-order valence-corrected chi connectivity index (χ3v) is 9.59. The molecule has 216 valence electrons. The van der Waals surface area contributed by atoms with Gasteiger partial charge >= 0.3 is 0 Å². The fourth-order valence-electron chi connectivity index (χ4n) is 6.36. The maximum absolute atomic E-state index is 10.9. The van der Waals surface area contributed by atoms with E-state index in [-0.39, 0.29) is 0 Å². The maximum Gasteiger partial charge on any atom is 0.150 e. The number of benzene rings is 4. The molecule has 0 spiro atoms. The Morgan fingerprint density at radius 1 is 0.610 bits per heavy atom. The summed E-state index contributed by atoms with van der Waals surface area (Å²) in [4.78, 5) is 10.9. The topological polar surface area (TPSA) is 35.5 Å². The van der Waals surface area contributed by atoms with Crippen LogP contribution in [0.3, 0.4) is 0 Å². The third-order valence-electron chi connectivity index (χ3n) is 9.09. The number of halogens is 1. The Labute approximate surface area is 253 Å². The van der Waals surface area contributed by atoms with Crippen LogP contribution >= 0.6 is 15.9 Å². The Bertz CT molecular complexity index is 1430. The quantitative estimate of drug-likeness (QED) is 0.194. The Morgan fingerprint density at radius 3 is 1.56 bits per heavy atom. The molecule has 41 heavy (non-hydrogen) atoms. The van der Waals surface area contributed by atoms with Crippen LogP contribution in [0.15, 0.2) is 77.3 Å². The van der Waals surface area contributed by atoms with Gasteiger partial charge in [0.15, 0.2) is 0 Å². The normalized spacial score (nSPS) is 22.5. The van der Waals surface area contributed by atoms with Gasteiger partial charge in [-0.05, 0) is 127 Å². The Kier molecular flexibility index (Phi) is 10.4. The van der Waals surface area contributed by atoms with E-state index in [9.17, 15) is 4.79 Å². The number of ether oxygens (including phenoxy) is 2. The number of aldehydes is 1. The highest BCUT2D eigenvalue weighted by atomic mass is 79.9. The molecule has 2 fully saturated rings. The van der Waals surface area contributed by atoms with E-state index in [1.54, 1.807) is 0 Å². The van der Waals surface area contributed by atoms with Crippen molar-refractivity contribution in [2.24, 2.45) is 11.8 Å². The Balaban J connectivity index is 0.000000165. The van der Waals surface area contributed by atoms with Gasteiger partial charge in [-0.15, -0.1) is 0 Å². The van der Waals surface area contributed by atoms with Crippen molar-refractivity contribution in [3.63, 3.8) is 0 Å². The number of rotatable bonds is 7. The lowest BCUT2D eigenvalue weighted by Gasteiger charge is -2.28. The van der Waals surface area contributed by atoms with Gasteiger partial charge in [0, 0.05) is 10.0 Å². The second kappa shape index (κ2) is 14.4. The van der Waals surface area contributed by atoms with Crippen molar-refractivity contribution in [2.45, 2.75) is 90.3 Å². The number of hydrogen-bond donors (Lipinski definition) is 0. The first kappa shape index (κ1) is 29.6. The highest BCUT2D eigenvalue weighted by Gasteiger charge is 2.22. The van der Waals surface area contributed by atoms with Crippen molar-refractivity contribution >= 4 is 43.8 Å². The molecule has 0 aromatic heterocycles. The average Bonchev–Trinajstić information content (AvgIpc) is 3.01. The zero-order chi connectivity index (χ0) is 28.6. The molecule has 0 saturated heterocycles. The summed E-state index contributed by atoms with van der Waals surface area (Å²) in [5, 5.41) is 4.70. The zero-order valence-electron chi connectivity index (χ0n) is 24.5. The lowest BCUT2D eigenvalue weighted by atomic mass is 9.86. The number of carbonyl (C=O) groups excluding carboxylic acids is 1. The molecule has 4 heteroatoms. The first-order valence-corrected chi connectivity index (χ1v) is 16.3. The molecule has 0 bridgehead atoms. The summed E-state index contributed by atoms with van der Waals surface area (Å²) in [7, 11) is 0. The molecule has 2 aliphatic carbocycles. The van der Waals surface area contributed by atoms with E-state index in [0.29, 0.717) is 17.8 Å². The van der Waals surface area contributed by atoms with Gasteiger partial charge in [-0.2, -0.15) is 0 Å². The van der Waals surface area contributed by atoms with Gasteiger partial charge in [-0.25, -0.2) is 0 Å². The second-order valence-corrected chi connectivity index (χ2v) is 12.8. The van der Waals surface area contributed by atoms with E-state index in [1.165, 1.54) is 62.1 Å². The Hall–Kier alpha value is -2.85. The van der Waals surface area contributed by atoms with Crippen molar-refractivity contribution in [3.05, 3.63) is 82.8 Å². The van der Waals surface area contributed by atoms with E-state index in [0.717, 1.165) is 57.7 Å². The predicted octanol–water partition coefficient (Wildman–Crippen LogP) is 10.9. The maximum atomic E-state index is 10.9. The van der Waals surface area contributed by atoms with Gasteiger partial charge in [0.1, 0.15) is 17.8 Å². The fraction of sp³-hybridized carbons (Fsp3) is 0.432. The lowest BCUT2D eigenvalue weighted by Crippen LogP contribution is -2.23. The Morgan fingerprint density at radius 2 is 1.07 bits per heavy atom. The highest BCUT2D eigenvalue weighted by molar-refractivity contribution is 9.10. The largest absolute Gasteiger partial charge is 0.490 e. The smallest absolute Gasteiger partial charge is 0.150 e. The molecular weight excluding hydrogens is 572 g/mol. The van der Waals surface area contributed by atoms with E-state index in [1.807, 2.05) is 30.3 Å². The van der Waals surface area contributed by atoms with Crippen LogP contribution in [-0.4, -0.2) is 18.5 Å². The summed E-state index contributed by atoms with van der Waals surface area (Å²) >= 11 is 3.53. The predicted molar refractivity (Wildman–Crippen MR) is 174 cm³/mol. The molecule has 0 atom stereocenters. The summed E-state index contributed by atoms with van der Waals surface area (Å²) in [6.07, 6.45) is 14.2. The van der Waals surface area contributed by atoms with E-state index in [4.69, 9.17) is 9.47 Å². The van der Waals surface area contributed by atoms with Crippen molar-refractivity contribution in [3.8, 4) is 11.5 Å². The summed E-state index contributed by atoms with van der Waals surface area (Å²) in [6.45, 7) is 4.58. The summed E-state index contributed by atoms with van der Waals surface area (Å²) in [5.74, 6) is 3.74. The SMILES string of the molecule is CCC1CCC(Oc2ccc3ccc(Br)cc3c2)CC1.CCC1CCC(Oc2ccc3ccc(C=O)cc3c2)CC1. The third kappa shape index (κ3) is 8.13. The number of carbonyl (C=O) groups is 1. The molecule has 2 saturated carbocycles. The van der Waals surface area contributed by atoms with Crippen LogP contribution in [0.1, 0.15) is 88.4 Å². The molecule has 0 aliphatic heterocycles. The molecule has 3 nitrogen and oxygen atoms in total. The average molecular weight is 616 g/mol. The molecule has 4 aromatic rings. The van der Waals surface area contributed by atoms with Crippen LogP contribution in [0.5, 0.6) is 11.5 Å². The minimum atomic E-state index is 0.347. The van der Waals surface area contributed by atoms with Gasteiger partial charge in [0.25, 0.3) is 0 Å². The van der Waals surface area contributed by atoms with Gasteiger partial charge in [-0.3, -0.25) is 4.79 Å². The van der Waals surface area contributed by atoms with Gasteiger partial charge in [0.2, 0.25) is 0 Å². The molecule has 0 heterocycles. The molecule has 0 amide bonds. The number of fused-ring (bicyclic) bond motifs is 2. The minimum absolute atomic E-state index is 0.347. The molecule has 2 aliphatic rings. The van der Waals surface area contributed by atoms with Crippen LogP contribution in [0.2, 0.25) is 0 Å². The van der Waals surface area contributed by atoms with Crippen LogP contribution in [0.4, 0.5) is 0 Å². The van der Waals surface area contributed by atoms with Gasteiger partial charge in [-0.1, -0.05) is 73.0 Å². The van der Waals surface area contributed by atoms with Crippen molar-refractivity contribution in [1.29, 1.82) is 0 Å². The second-order valence-electron chi connectivity index (χ2n) is 11.9. The molecule has 4 aromatic carbocycles. The van der Waals surface area contributed by atoms with Crippen molar-refractivity contribution in [2.75, 3.05) is 0 Å². The monoisotopic (exact) mass is 614 g/mol. The molecule has 6 rings (SSSR count). The van der Waals surface area contributed by atoms with Crippen molar-refractivity contribution < 1.29 is 14.3 Å². The molecule has 0 unspecified atom stereocenters. The first-order chi connectivity index (χ1) is 20.0. The summed E-state index contributed by atoms with van der Waals surface area (Å²) < 4.78 is 13.4. The standard InChI is InChI=1S/C19H22O2.C18H21BrO/c1-2-14-4-8-18(9-5-14)21-19-10-7-16-6-3-15(13-20)11-17(16)12-19;1-2-13-3-8-17(9-4-13)20-18-10-6-14-5-7-16(19)11-15(14)12-18/h3,6-7,10-14,18H,2,4-5,8-9H2,1H3;5-7,10-13,17H,2-4,8-9H2,1H3. The van der Waals surface area contributed by atoms with E-state index < -0.39 is 0 Å². The van der Waals surface area contributed by atoms with E-state index >= 15 is 0 Å². The molecule has 0 radical (unpaired) electrons. The fourth-order valence-corrected chi connectivity index (χ4v) is 6.74. The summed E-state index contributed by atoms with van der Waals surface area (Å²) in [5.41, 5.74) is 0.711. The van der Waals surface area contributed by atoms with Crippen LogP contribution in [0, 0.1) is 11.8 Å². The minimum Gasteiger partial charge on any atom is -0.490 e. The van der Waals surface area contributed by atoms with Gasteiger partial charge < -0.3 is 9.47 Å².